The Balaban J connectivity index is 0.00000180. The summed E-state index contributed by atoms with van der Waals surface area (Å²) in [5.41, 5.74) is 0.855. The van der Waals surface area contributed by atoms with Gasteiger partial charge >= 0.3 is 0 Å². The van der Waals surface area contributed by atoms with Gasteiger partial charge in [0.2, 0.25) is 0 Å². The van der Waals surface area contributed by atoms with Gasteiger partial charge in [-0.25, -0.2) is 4.39 Å². The normalized spacial score (nSPS) is 18.1. The minimum absolute atomic E-state index is 0. The van der Waals surface area contributed by atoms with Crippen molar-refractivity contribution >= 4 is 12.4 Å². The van der Waals surface area contributed by atoms with Gasteiger partial charge in [-0.2, -0.15) is 0 Å². The number of rotatable bonds is 4. The number of hydrogen-bond acceptors (Lipinski definition) is 2. The van der Waals surface area contributed by atoms with Crippen LogP contribution in [-0.2, 0) is 0 Å². The maximum Gasteiger partial charge on any atom is 0.127 e. The van der Waals surface area contributed by atoms with E-state index >= 15 is 0 Å². The van der Waals surface area contributed by atoms with Crippen LogP contribution >= 0.6 is 12.4 Å². The second-order valence-corrected chi connectivity index (χ2v) is 5.45. The average molecular weight is 287 g/mol. The third kappa shape index (κ3) is 4.44. The monoisotopic (exact) mass is 286 g/mol. The Morgan fingerprint density at radius 3 is 2.42 bits per heavy atom. The van der Waals surface area contributed by atoms with E-state index in [0.717, 1.165) is 38.2 Å². The predicted octanol–water partition coefficient (Wildman–Crippen LogP) is 3.24. The van der Waals surface area contributed by atoms with Gasteiger partial charge in [0.05, 0.1) is 0 Å². The van der Waals surface area contributed by atoms with Gasteiger partial charge in [-0.05, 0) is 18.4 Å². The van der Waals surface area contributed by atoms with Crippen LogP contribution in [0.3, 0.4) is 0 Å². The molecule has 1 fully saturated rings. The zero-order chi connectivity index (χ0) is 13.0. The standard InChI is InChI=1S/C15H23FN2.ClH/c1-12(2)11-15(18-9-7-17-8-10-18)13-5-3-4-6-14(13)16;/h3-6,12,15,17H,7-11H2,1-2H3;1H/t15-;/m0./s1. The Hall–Kier alpha value is -0.640. The average Bonchev–Trinajstić information content (AvgIpc) is 2.38. The maximum absolute atomic E-state index is 14.0. The molecule has 0 saturated carbocycles. The minimum Gasteiger partial charge on any atom is -0.314 e. The Morgan fingerprint density at radius 1 is 1.21 bits per heavy atom. The number of benzene rings is 1. The van der Waals surface area contributed by atoms with E-state index in [1.807, 2.05) is 12.1 Å². The highest BCUT2D eigenvalue weighted by Crippen LogP contribution is 2.29. The number of nitrogens with zero attached hydrogens (tertiary/aromatic N) is 1. The van der Waals surface area contributed by atoms with Gasteiger partial charge in [0.15, 0.2) is 0 Å². The first-order valence-corrected chi connectivity index (χ1v) is 6.87. The van der Waals surface area contributed by atoms with E-state index in [4.69, 9.17) is 0 Å². The highest BCUT2D eigenvalue weighted by atomic mass is 35.5. The van der Waals surface area contributed by atoms with E-state index < -0.39 is 0 Å². The zero-order valence-electron chi connectivity index (χ0n) is 11.7. The molecule has 1 saturated heterocycles. The molecule has 0 aromatic heterocycles. The van der Waals surface area contributed by atoms with Crippen molar-refractivity contribution in [3.8, 4) is 0 Å². The molecule has 1 atom stereocenters. The van der Waals surface area contributed by atoms with Crippen LogP contribution in [0, 0.1) is 11.7 Å². The molecule has 4 heteroatoms. The maximum atomic E-state index is 14.0. The molecule has 0 amide bonds. The van der Waals surface area contributed by atoms with Crippen molar-refractivity contribution in [1.29, 1.82) is 0 Å². The molecule has 1 N–H and O–H groups in total. The van der Waals surface area contributed by atoms with E-state index in [0.29, 0.717) is 5.92 Å². The fraction of sp³-hybridized carbons (Fsp3) is 0.600. The Kier molecular flexibility index (Phi) is 6.76. The minimum atomic E-state index is -0.0679. The van der Waals surface area contributed by atoms with Crippen LogP contribution in [0.5, 0.6) is 0 Å². The van der Waals surface area contributed by atoms with Crippen LogP contribution in [0.2, 0.25) is 0 Å². The van der Waals surface area contributed by atoms with Crippen molar-refractivity contribution in [2.24, 2.45) is 5.92 Å². The van der Waals surface area contributed by atoms with E-state index in [2.05, 4.69) is 24.1 Å². The Morgan fingerprint density at radius 2 is 1.84 bits per heavy atom. The van der Waals surface area contributed by atoms with E-state index in [-0.39, 0.29) is 24.3 Å². The van der Waals surface area contributed by atoms with Crippen LogP contribution in [-0.4, -0.2) is 31.1 Å². The summed E-state index contributed by atoms with van der Waals surface area (Å²) in [5.74, 6) is 0.506. The summed E-state index contributed by atoms with van der Waals surface area (Å²) in [6.07, 6.45) is 1.01. The first kappa shape index (κ1) is 16.4. The first-order valence-electron chi connectivity index (χ1n) is 6.87. The third-order valence-corrected chi connectivity index (χ3v) is 3.55. The molecule has 1 aliphatic heterocycles. The number of piperazine rings is 1. The summed E-state index contributed by atoms with van der Waals surface area (Å²) in [5, 5.41) is 3.35. The lowest BCUT2D eigenvalue weighted by Crippen LogP contribution is -2.45. The molecule has 0 unspecified atom stereocenters. The molecular weight excluding hydrogens is 263 g/mol. The molecule has 1 heterocycles. The largest absolute Gasteiger partial charge is 0.314 e. The lowest BCUT2D eigenvalue weighted by Gasteiger charge is -2.36. The quantitative estimate of drug-likeness (QED) is 0.914. The molecule has 19 heavy (non-hydrogen) atoms. The van der Waals surface area contributed by atoms with Crippen molar-refractivity contribution in [2.45, 2.75) is 26.3 Å². The number of hydrogen-bond donors (Lipinski definition) is 1. The molecule has 2 nitrogen and oxygen atoms in total. The topological polar surface area (TPSA) is 15.3 Å². The van der Waals surface area contributed by atoms with Crippen molar-refractivity contribution in [3.05, 3.63) is 35.6 Å². The second kappa shape index (κ2) is 7.83. The zero-order valence-corrected chi connectivity index (χ0v) is 12.5. The van der Waals surface area contributed by atoms with Crippen LogP contribution < -0.4 is 5.32 Å². The molecule has 1 aliphatic rings. The molecule has 108 valence electrons. The summed E-state index contributed by atoms with van der Waals surface area (Å²) in [7, 11) is 0. The fourth-order valence-electron chi connectivity index (χ4n) is 2.66. The van der Waals surface area contributed by atoms with Crippen molar-refractivity contribution in [2.75, 3.05) is 26.2 Å². The predicted molar refractivity (Wildman–Crippen MR) is 80.3 cm³/mol. The molecule has 1 aromatic rings. The molecule has 2 rings (SSSR count). The van der Waals surface area contributed by atoms with Gasteiger partial charge in [-0.3, -0.25) is 4.90 Å². The first-order chi connectivity index (χ1) is 8.68. The molecule has 0 bridgehead atoms. The third-order valence-electron chi connectivity index (χ3n) is 3.55. The van der Waals surface area contributed by atoms with Gasteiger partial charge in [0.1, 0.15) is 5.82 Å². The van der Waals surface area contributed by atoms with Crippen molar-refractivity contribution < 1.29 is 4.39 Å². The summed E-state index contributed by atoms with van der Waals surface area (Å²) in [6, 6.07) is 7.43. The van der Waals surface area contributed by atoms with E-state index in [1.165, 1.54) is 0 Å². The fourth-order valence-corrected chi connectivity index (χ4v) is 2.66. The Bertz CT molecular complexity index is 378. The molecule has 0 spiro atoms. The van der Waals surface area contributed by atoms with Crippen LogP contribution in [0.25, 0.3) is 0 Å². The van der Waals surface area contributed by atoms with Gasteiger partial charge in [0, 0.05) is 37.8 Å². The molecular formula is C15H24ClFN2. The molecule has 0 radical (unpaired) electrons. The smallest absolute Gasteiger partial charge is 0.127 e. The highest BCUT2D eigenvalue weighted by Gasteiger charge is 2.24. The molecule has 0 aliphatic carbocycles. The van der Waals surface area contributed by atoms with E-state index in [1.54, 1.807) is 12.1 Å². The van der Waals surface area contributed by atoms with Crippen molar-refractivity contribution in [3.63, 3.8) is 0 Å². The summed E-state index contributed by atoms with van der Waals surface area (Å²) in [6.45, 7) is 8.43. The second-order valence-electron chi connectivity index (χ2n) is 5.45. The van der Waals surface area contributed by atoms with Gasteiger partial charge < -0.3 is 5.32 Å². The van der Waals surface area contributed by atoms with Gasteiger partial charge in [0.25, 0.3) is 0 Å². The summed E-state index contributed by atoms with van der Waals surface area (Å²) < 4.78 is 14.0. The summed E-state index contributed by atoms with van der Waals surface area (Å²) in [4.78, 5) is 2.41. The SMILES string of the molecule is CC(C)C[C@@H](c1ccccc1F)N1CCNCC1.Cl. The lowest BCUT2D eigenvalue weighted by molar-refractivity contribution is 0.151. The van der Waals surface area contributed by atoms with Crippen LogP contribution in [0.1, 0.15) is 31.9 Å². The van der Waals surface area contributed by atoms with Gasteiger partial charge in [-0.1, -0.05) is 32.0 Å². The highest BCUT2D eigenvalue weighted by molar-refractivity contribution is 5.85. The molecule has 1 aromatic carbocycles. The number of nitrogens with one attached hydrogen (secondary N) is 1. The van der Waals surface area contributed by atoms with Crippen LogP contribution in [0.4, 0.5) is 4.39 Å². The lowest BCUT2D eigenvalue weighted by atomic mass is 9.94. The van der Waals surface area contributed by atoms with Crippen molar-refractivity contribution in [1.82, 2.24) is 10.2 Å². The Labute approximate surface area is 121 Å². The van der Waals surface area contributed by atoms with Crippen LogP contribution in [0.15, 0.2) is 24.3 Å². The van der Waals surface area contributed by atoms with Gasteiger partial charge in [-0.15, -0.1) is 12.4 Å². The van der Waals surface area contributed by atoms with E-state index in [9.17, 15) is 4.39 Å². The summed E-state index contributed by atoms with van der Waals surface area (Å²) >= 11 is 0. The number of halogens is 2.